The van der Waals surface area contributed by atoms with Gasteiger partial charge in [-0.15, -0.1) is 0 Å². The molecule has 9 heteroatoms. The van der Waals surface area contributed by atoms with Gasteiger partial charge in [0.15, 0.2) is 0 Å². The number of ether oxygens (including phenoxy) is 3. The molecule has 0 aliphatic heterocycles. The second-order valence-corrected chi connectivity index (χ2v) is 6.35. The average molecular weight is 403 g/mol. The van der Waals surface area contributed by atoms with Crippen LogP contribution in [0.15, 0.2) is 36.5 Å². The van der Waals surface area contributed by atoms with Crippen LogP contribution in [-0.4, -0.2) is 63.1 Å². The lowest BCUT2D eigenvalue weighted by atomic mass is 10.2. The number of hydrogen-bond donors (Lipinski definition) is 2. The van der Waals surface area contributed by atoms with E-state index in [0.29, 0.717) is 49.4 Å². The van der Waals surface area contributed by atoms with Crippen LogP contribution in [0.3, 0.4) is 0 Å². The second kappa shape index (κ2) is 11.8. The van der Waals surface area contributed by atoms with Crippen LogP contribution in [0.4, 0.5) is 22.2 Å². The topological polar surface area (TPSA) is 97.8 Å². The number of nitrogens with one attached hydrogen (secondary N) is 2. The minimum absolute atomic E-state index is 0.0209. The third-order valence-electron chi connectivity index (χ3n) is 4.00. The van der Waals surface area contributed by atoms with E-state index in [0.717, 1.165) is 0 Å². The van der Waals surface area contributed by atoms with Gasteiger partial charge in [-0.05, 0) is 37.6 Å². The lowest BCUT2D eigenvalue weighted by Crippen LogP contribution is -2.38. The van der Waals surface area contributed by atoms with Gasteiger partial charge in [0.1, 0.15) is 11.6 Å². The summed E-state index contributed by atoms with van der Waals surface area (Å²) < 4.78 is 15.4. The van der Waals surface area contributed by atoms with Gasteiger partial charge in [0.2, 0.25) is 5.95 Å². The molecular weight excluding hydrogens is 374 g/mol. The predicted octanol–water partition coefficient (Wildman–Crippen LogP) is 2.82. The second-order valence-electron chi connectivity index (χ2n) is 6.35. The minimum Gasteiger partial charge on any atom is -0.497 e. The summed E-state index contributed by atoms with van der Waals surface area (Å²) in [5.41, 5.74) is 0.657. The number of aromatic nitrogens is 2. The molecule has 2 amide bonds. The first-order chi connectivity index (χ1) is 14.1. The van der Waals surface area contributed by atoms with Crippen LogP contribution in [0.25, 0.3) is 0 Å². The first kappa shape index (κ1) is 22.4. The summed E-state index contributed by atoms with van der Waals surface area (Å²) in [4.78, 5) is 23.2. The van der Waals surface area contributed by atoms with E-state index in [-0.39, 0.29) is 12.1 Å². The van der Waals surface area contributed by atoms with Gasteiger partial charge in [0, 0.05) is 45.7 Å². The molecule has 0 aliphatic rings. The zero-order valence-corrected chi connectivity index (χ0v) is 17.3. The van der Waals surface area contributed by atoms with Crippen LogP contribution in [0.2, 0.25) is 0 Å². The largest absolute Gasteiger partial charge is 0.497 e. The molecule has 0 aliphatic carbocycles. The monoisotopic (exact) mass is 403 g/mol. The number of amides is 2. The Bertz CT molecular complexity index is 757. The van der Waals surface area contributed by atoms with Crippen molar-refractivity contribution in [1.29, 1.82) is 0 Å². The van der Waals surface area contributed by atoms with Crippen molar-refractivity contribution >= 4 is 23.5 Å². The van der Waals surface area contributed by atoms with E-state index in [2.05, 4.69) is 20.6 Å². The van der Waals surface area contributed by atoms with Gasteiger partial charge < -0.3 is 24.8 Å². The maximum absolute atomic E-state index is 12.9. The number of benzene rings is 1. The van der Waals surface area contributed by atoms with Crippen molar-refractivity contribution in [2.45, 2.75) is 19.4 Å². The Balaban J connectivity index is 2.27. The molecule has 0 spiro atoms. The fourth-order valence-electron chi connectivity index (χ4n) is 2.63. The SMILES string of the molecule is COCCCNC(=O)N(c1ccc(OC)cc1)c1ccnc(NC(C)COC)n1. The Hall–Kier alpha value is -2.91. The molecule has 0 saturated carbocycles. The number of hydrogen-bond acceptors (Lipinski definition) is 7. The van der Waals surface area contributed by atoms with Gasteiger partial charge in [-0.1, -0.05) is 0 Å². The summed E-state index contributed by atoms with van der Waals surface area (Å²) in [7, 11) is 4.86. The molecule has 9 nitrogen and oxygen atoms in total. The molecule has 1 unspecified atom stereocenters. The normalized spacial score (nSPS) is 11.6. The van der Waals surface area contributed by atoms with E-state index < -0.39 is 0 Å². The quantitative estimate of drug-likeness (QED) is 0.557. The average Bonchev–Trinajstić information content (AvgIpc) is 2.72. The highest BCUT2D eigenvalue weighted by molar-refractivity contribution is 5.98. The van der Waals surface area contributed by atoms with E-state index in [1.807, 2.05) is 6.92 Å². The summed E-state index contributed by atoms with van der Waals surface area (Å²) >= 11 is 0. The molecular formula is C20H29N5O4. The molecule has 0 fully saturated rings. The van der Waals surface area contributed by atoms with Gasteiger partial charge >= 0.3 is 6.03 Å². The van der Waals surface area contributed by atoms with Crippen molar-refractivity contribution < 1.29 is 19.0 Å². The highest BCUT2D eigenvalue weighted by Crippen LogP contribution is 2.26. The van der Waals surface area contributed by atoms with Crippen LogP contribution in [0, 0.1) is 0 Å². The van der Waals surface area contributed by atoms with Crippen LogP contribution < -0.4 is 20.3 Å². The molecule has 2 rings (SSSR count). The molecule has 2 N–H and O–H groups in total. The molecule has 0 radical (unpaired) electrons. The Morgan fingerprint density at radius 3 is 2.55 bits per heavy atom. The zero-order valence-electron chi connectivity index (χ0n) is 17.3. The molecule has 0 saturated heterocycles. The van der Waals surface area contributed by atoms with Crippen molar-refractivity contribution in [2.75, 3.05) is 51.3 Å². The van der Waals surface area contributed by atoms with E-state index >= 15 is 0 Å². The molecule has 1 atom stereocenters. The summed E-state index contributed by atoms with van der Waals surface area (Å²) in [6, 6.07) is 8.61. The number of carbonyl (C=O) groups excluding carboxylic acids is 1. The molecule has 2 aromatic rings. The molecule has 0 bridgehead atoms. The van der Waals surface area contributed by atoms with Crippen LogP contribution >= 0.6 is 0 Å². The van der Waals surface area contributed by atoms with Gasteiger partial charge in [-0.3, -0.25) is 0 Å². The lowest BCUT2D eigenvalue weighted by molar-refractivity contribution is 0.190. The fourth-order valence-corrected chi connectivity index (χ4v) is 2.63. The van der Waals surface area contributed by atoms with Crippen molar-refractivity contribution in [3.8, 4) is 5.75 Å². The van der Waals surface area contributed by atoms with E-state index in [1.54, 1.807) is 57.9 Å². The smallest absolute Gasteiger partial charge is 0.327 e. The molecule has 1 aromatic carbocycles. The van der Waals surface area contributed by atoms with E-state index in [4.69, 9.17) is 14.2 Å². The Morgan fingerprint density at radius 2 is 1.90 bits per heavy atom. The molecule has 1 heterocycles. The van der Waals surface area contributed by atoms with Gasteiger partial charge in [-0.25, -0.2) is 14.7 Å². The number of carbonyl (C=O) groups is 1. The maximum atomic E-state index is 12.9. The lowest BCUT2D eigenvalue weighted by Gasteiger charge is -2.23. The van der Waals surface area contributed by atoms with E-state index in [1.165, 1.54) is 4.90 Å². The van der Waals surface area contributed by atoms with Crippen LogP contribution in [0.1, 0.15) is 13.3 Å². The molecule has 158 valence electrons. The third kappa shape index (κ3) is 6.88. The van der Waals surface area contributed by atoms with Gasteiger partial charge in [0.05, 0.1) is 19.4 Å². The van der Waals surface area contributed by atoms with Crippen molar-refractivity contribution in [2.24, 2.45) is 0 Å². The number of rotatable bonds is 11. The Morgan fingerprint density at radius 1 is 1.14 bits per heavy atom. The Kier molecular flexibility index (Phi) is 9.13. The van der Waals surface area contributed by atoms with Crippen molar-refractivity contribution in [1.82, 2.24) is 15.3 Å². The predicted molar refractivity (Wildman–Crippen MR) is 112 cm³/mol. The molecule has 29 heavy (non-hydrogen) atoms. The Labute approximate surface area is 171 Å². The van der Waals surface area contributed by atoms with Crippen LogP contribution in [-0.2, 0) is 9.47 Å². The van der Waals surface area contributed by atoms with Crippen molar-refractivity contribution in [3.63, 3.8) is 0 Å². The highest BCUT2D eigenvalue weighted by atomic mass is 16.5. The summed E-state index contributed by atoms with van der Waals surface area (Å²) in [5.74, 6) is 1.56. The maximum Gasteiger partial charge on any atom is 0.327 e. The van der Waals surface area contributed by atoms with Gasteiger partial charge in [-0.2, -0.15) is 4.98 Å². The first-order valence-corrected chi connectivity index (χ1v) is 9.38. The number of urea groups is 1. The third-order valence-corrected chi connectivity index (χ3v) is 4.00. The summed E-state index contributed by atoms with van der Waals surface area (Å²) in [6.45, 7) is 3.53. The number of nitrogens with zero attached hydrogens (tertiary/aromatic N) is 3. The van der Waals surface area contributed by atoms with Gasteiger partial charge in [0.25, 0.3) is 0 Å². The van der Waals surface area contributed by atoms with Crippen molar-refractivity contribution in [3.05, 3.63) is 36.5 Å². The zero-order chi connectivity index (χ0) is 21.1. The number of methoxy groups -OCH3 is 3. The number of anilines is 3. The highest BCUT2D eigenvalue weighted by Gasteiger charge is 2.20. The summed E-state index contributed by atoms with van der Waals surface area (Å²) in [6.07, 6.45) is 2.32. The van der Waals surface area contributed by atoms with Crippen LogP contribution in [0.5, 0.6) is 5.75 Å². The first-order valence-electron chi connectivity index (χ1n) is 9.38. The minimum atomic E-state index is -0.291. The summed E-state index contributed by atoms with van der Waals surface area (Å²) in [5, 5.41) is 6.06. The fraction of sp³-hybridized carbons (Fsp3) is 0.450. The standard InChI is InChI=1S/C20H29N5O4/c1-15(14-28-3)23-19-21-12-10-18(24-19)25(20(26)22-11-5-13-27-2)16-6-8-17(29-4)9-7-16/h6-10,12,15H,5,11,13-14H2,1-4H3,(H,22,26)(H,21,23,24). The van der Waals surface area contributed by atoms with E-state index in [9.17, 15) is 4.79 Å². The molecule has 1 aromatic heterocycles.